The molecule has 1 fully saturated rings. The van der Waals surface area contributed by atoms with E-state index in [0.717, 1.165) is 30.7 Å². The van der Waals surface area contributed by atoms with Crippen molar-refractivity contribution < 1.29 is 9.53 Å². The lowest BCUT2D eigenvalue weighted by Gasteiger charge is -2.35. The first-order chi connectivity index (χ1) is 13.1. The van der Waals surface area contributed by atoms with Crippen LogP contribution in [0.3, 0.4) is 0 Å². The van der Waals surface area contributed by atoms with Gasteiger partial charge in [0.1, 0.15) is 0 Å². The topological polar surface area (TPSA) is 70.2 Å². The van der Waals surface area contributed by atoms with Crippen molar-refractivity contribution in [3.63, 3.8) is 0 Å². The monoisotopic (exact) mass is 364 g/mol. The fraction of sp³-hybridized carbons (Fsp3) is 0.333. The van der Waals surface area contributed by atoms with Crippen LogP contribution in [0.25, 0.3) is 11.0 Å². The normalized spacial score (nSPS) is 20.7. The van der Waals surface area contributed by atoms with Gasteiger partial charge >= 0.3 is 0 Å². The molecular weight excluding hydrogens is 340 g/mol. The lowest BCUT2D eigenvalue weighted by molar-refractivity contribution is -0.0704. The second-order valence-electron chi connectivity index (χ2n) is 7.21. The number of carbonyl (C=O) groups is 1. The Bertz CT molecular complexity index is 892. The van der Waals surface area contributed by atoms with Gasteiger partial charge in [-0.2, -0.15) is 0 Å². The van der Waals surface area contributed by atoms with Crippen LogP contribution in [0.1, 0.15) is 29.8 Å². The van der Waals surface area contributed by atoms with Crippen LogP contribution in [-0.4, -0.2) is 46.1 Å². The first-order valence-electron chi connectivity index (χ1n) is 9.29. The average molecular weight is 364 g/mol. The minimum atomic E-state index is -0.172. The quantitative estimate of drug-likeness (QED) is 0.744. The Labute approximate surface area is 158 Å². The molecule has 1 saturated heterocycles. The SMILES string of the molecule is C[C@H]1CN(Cc2ccc(C(=O)Nc3nc4ccccc4[nH]3)cc2)C[C@H](C)O1. The molecule has 0 aliphatic carbocycles. The van der Waals surface area contributed by atoms with E-state index in [-0.39, 0.29) is 18.1 Å². The van der Waals surface area contributed by atoms with E-state index in [1.165, 1.54) is 5.56 Å². The van der Waals surface area contributed by atoms with E-state index in [4.69, 9.17) is 4.74 Å². The largest absolute Gasteiger partial charge is 0.373 e. The third kappa shape index (κ3) is 4.18. The first-order valence-corrected chi connectivity index (χ1v) is 9.29. The summed E-state index contributed by atoms with van der Waals surface area (Å²) in [5, 5.41) is 2.83. The number of amides is 1. The summed E-state index contributed by atoms with van der Waals surface area (Å²) in [6.07, 6.45) is 0.505. The predicted molar refractivity (Wildman–Crippen MR) is 106 cm³/mol. The molecule has 0 unspecified atom stereocenters. The Kier molecular flexibility index (Phi) is 4.92. The van der Waals surface area contributed by atoms with Crippen molar-refractivity contribution >= 4 is 22.9 Å². The highest BCUT2D eigenvalue weighted by molar-refractivity contribution is 6.03. The molecule has 0 bridgehead atoms. The summed E-state index contributed by atoms with van der Waals surface area (Å²) in [4.78, 5) is 22.4. The van der Waals surface area contributed by atoms with Gasteiger partial charge in [0.2, 0.25) is 5.95 Å². The first kappa shape index (κ1) is 17.7. The molecule has 4 rings (SSSR count). The summed E-state index contributed by atoms with van der Waals surface area (Å²) in [5.74, 6) is 0.288. The minimum Gasteiger partial charge on any atom is -0.373 e. The molecule has 2 atom stereocenters. The number of nitrogens with one attached hydrogen (secondary N) is 2. The van der Waals surface area contributed by atoms with Crippen molar-refractivity contribution in [3.8, 4) is 0 Å². The number of rotatable bonds is 4. The number of nitrogens with zero attached hydrogens (tertiary/aromatic N) is 2. The summed E-state index contributed by atoms with van der Waals surface area (Å²) < 4.78 is 5.78. The number of aromatic nitrogens is 2. The summed E-state index contributed by atoms with van der Waals surface area (Å²) in [6, 6.07) is 15.4. The molecule has 2 aromatic carbocycles. The van der Waals surface area contributed by atoms with Gasteiger partial charge in [-0.1, -0.05) is 24.3 Å². The van der Waals surface area contributed by atoms with Crippen LogP contribution >= 0.6 is 0 Å². The molecular formula is C21H24N4O2. The van der Waals surface area contributed by atoms with Gasteiger partial charge in [0.05, 0.1) is 23.2 Å². The molecule has 6 heteroatoms. The number of H-pyrrole nitrogens is 1. The Morgan fingerprint density at radius 1 is 1.15 bits per heavy atom. The molecule has 3 aromatic rings. The van der Waals surface area contributed by atoms with Crippen LogP contribution in [0.2, 0.25) is 0 Å². The van der Waals surface area contributed by atoms with Crippen molar-refractivity contribution in [1.29, 1.82) is 0 Å². The molecule has 27 heavy (non-hydrogen) atoms. The number of morpholine rings is 1. The average Bonchev–Trinajstić information content (AvgIpc) is 3.03. The lowest BCUT2D eigenvalue weighted by atomic mass is 10.1. The van der Waals surface area contributed by atoms with Gasteiger partial charge in [-0.25, -0.2) is 4.98 Å². The molecule has 2 N–H and O–H groups in total. The zero-order valence-electron chi connectivity index (χ0n) is 15.6. The molecule has 1 aliphatic heterocycles. The van der Waals surface area contributed by atoms with Gasteiger partial charge in [0, 0.05) is 25.2 Å². The maximum atomic E-state index is 12.5. The fourth-order valence-corrected chi connectivity index (χ4v) is 3.62. The number of benzene rings is 2. The van der Waals surface area contributed by atoms with E-state index in [1.807, 2.05) is 48.5 Å². The molecule has 2 heterocycles. The number of hydrogen-bond acceptors (Lipinski definition) is 4. The van der Waals surface area contributed by atoms with Gasteiger partial charge in [-0.3, -0.25) is 15.0 Å². The van der Waals surface area contributed by atoms with Crippen molar-refractivity contribution in [2.45, 2.75) is 32.6 Å². The number of para-hydroxylation sites is 2. The molecule has 1 aliphatic rings. The third-order valence-corrected chi connectivity index (χ3v) is 4.74. The van der Waals surface area contributed by atoms with Crippen LogP contribution in [0.5, 0.6) is 0 Å². The van der Waals surface area contributed by atoms with Crippen LogP contribution in [0, 0.1) is 0 Å². The standard InChI is InChI=1S/C21H24N4O2/c1-14-11-25(12-15(2)27-14)13-16-7-9-17(10-8-16)20(26)24-21-22-18-5-3-4-6-19(18)23-21/h3-10,14-15H,11-13H2,1-2H3,(H2,22,23,24,26)/t14-,15-/m0/s1. The Hall–Kier alpha value is -2.70. The predicted octanol–water partition coefficient (Wildman–Crippen LogP) is 3.42. The second-order valence-corrected chi connectivity index (χ2v) is 7.21. The van der Waals surface area contributed by atoms with Gasteiger partial charge in [0.15, 0.2) is 0 Å². The van der Waals surface area contributed by atoms with Gasteiger partial charge in [-0.15, -0.1) is 0 Å². The number of fused-ring (bicyclic) bond motifs is 1. The van der Waals surface area contributed by atoms with Gasteiger partial charge in [-0.05, 0) is 43.7 Å². The summed E-state index contributed by atoms with van der Waals surface area (Å²) in [7, 11) is 0. The van der Waals surface area contributed by atoms with E-state index < -0.39 is 0 Å². The maximum Gasteiger partial charge on any atom is 0.257 e. The van der Waals surface area contributed by atoms with Crippen molar-refractivity contribution in [1.82, 2.24) is 14.9 Å². The summed E-state index contributed by atoms with van der Waals surface area (Å²) in [6.45, 7) is 6.93. The molecule has 0 spiro atoms. The number of carbonyl (C=O) groups excluding carboxylic acids is 1. The summed E-state index contributed by atoms with van der Waals surface area (Å²) >= 11 is 0. The van der Waals surface area contributed by atoms with Crippen LogP contribution in [-0.2, 0) is 11.3 Å². The van der Waals surface area contributed by atoms with E-state index >= 15 is 0 Å². The highest BCUT2D eigenvalue weighted by Gasteiger charge is 2.22. The molecule has 0 radical (unpaired) electrons. The molecule has 1 amide bonds. The van der Waals surface area contributed by atoms with E-state index in [2.05, 4.69) is 34.0 Å². The fourth-order valence-electron chi connectivity index (χ4n) is 3.62. The lowest BCUT2D eigenvalue weighted by Crippen LogP contribution is -2.44. The van der Waals surface area contributed by atoms with E-state index in [1.54, 1.807) is 0 Å². The third-order valence-electron chi connectivity index (χ3n) is 4.74. The highest BCUT2D eigenvalue weighted by Crippen LogP contribution is 2.16. The Morgan fingerprint density at radius 3 is 2.56 bits per heavy atom. The number of imidazole rings is 1. The Balaban J connectivity index is 1.40. The second kappa shape index (κ2) is 7.50. The Morgan fingerprint density at radius 2 is 1.85 bits per heavy atom. The number of anilines is 1. The van der Waals surface area contributed by atoms with Crippen molar-refractivity contribution in [2.24, 2.45) is 0 Å². The van der Waals surface area contributed by atoms with Crippen LogP contribution in [0.15, 0.2) is 48.5 Å². The minimum absolute atomic E-state index is 0.172. The molecule has 6 nitrogen and oxygen atoms in total. The van der Waals surface area contributed by atoms with Gasteiger partial charge in [0.25, 0.3) is 5.91 Å². The number of aromatic amines is 1. The van der Waals surface area contributed by atoms with Crippen molar-refractivity contribution in [2.75, 3.05) is 18.4 Å². The van der Waals surface area contributed by atoms with E-state index in [9.17, 15) is 4.79 Å². The zero-order valence-corrected chi connectivity index (χ0v) is 15.6. The van der Waals surface area contributed by atoms with Crippen LogP contribution < -0.4 is 5.32 Å². The number of ether oxygens (including phenoxy) is 1. The van der Waals surface area contributed by atoms with Gasteiger partial charge < -0.3 is 9.72 Å². The maximum absolute atomic E-state index is 12.5. The van der Waals surface area contributed by atoms with E-state index in [0.29, 0.717) is 11.5 Å². The molecule has 140 valence electrons. The van der Waals surface area contributed by atoms with Crippen molar-refractivity contribution in [3.05, 3.63) is 59.7 Å². The zero-order chi connectivity index (χ0) is 18.8. The molecule has 1 aromatic heterocycles. The smallest absolute Gasteiger partial charge is 0.257 e. The summed E-state index contributed by atoms with van der Waals surface area (Å²) in [5.41, 5.74) is 3.54. The van der Waals surface area contributed by atoms with Crippen LogP contribution in [0.4, 0.5) is 5.95 Å². The number of hydrogen-bond donors (Lipinski definition) is 2. The molecule has 0 saturated carbocycles. The highest BCUT2D eigenvalue weighted by atomic mass is 16.5.